The minimum Gasteiger partial charge on any atom is -0.459 e. The lowest BCUT2D eigenvalue weighted by molar-refractivity contribution is -0.156. The standard InChI is InChI=1S/C12H21NO2/c1-8-12(5,6)13(7)9-10(14)15-11(2,3)4/h1H,9H2,2-7H3. The molecular formula is C12H21NO2. The van der Waals surface area contributed by atoms with Crippen LogP contribution in [0.25, 0.3) is 0 Å². The summed E-state index contributed by atoms with van der Waals surface area (Å²) in [6.07, 6.45) is 5.37. The Hall–Kier alpha value is -1.01. The van der Waals surface area contributed by atoms with Crippen molar-refractivity contribution in [1.29, 1.82) is 0 Å². The Kier molecular flexibility index (Phi) is 4.36. The van der Waals surface area contributed by atoms with E-state index in [1.807, 2.05) is 41.7 Å². The summed E-state index contributed by atoms with van der Waals surface area (Å²) in [6, 6.07) is 0. The summed E-state index contributed by atoms with van der Waals surface area (Å²) in [5, 5.41) is 0. The molecule has 0 aliphatic heterocycles. The summed E-state index contributed by atoms with van der Waals surface area (Å²) in [7, 11) is 1.81. The first-order chi connectivity index (χ1) is 6.58. The van der Waals surface area contributed by atoms with Crippen LogP contribution in [0.5, 0.6) is 0 Å². The van der Waals surface area contributed by atoms with Crippen LogP contribution >= 0.6 is 0 Å². The van der Waals surface area contributed by atoms with Crippen LogP contribution < -0.4 is 0 Å². The van der Waals surface area contributed by atoms with Crippen LogP contribution in [0.3, 0.4) is 0 Å². The number of rotatable bonds is 3. The summed E-state index contributed by atoms with van der Waals surface area (Å²) >= 11 is 0. The van der Waals surface area contributed by atoms with Crippen molar-refractivity contribution in [1.82, 2.24) is 4.90 Å². The molecule has 0 aromatic heterocycles. The van der Waals surface area contributed by atoms with E-state index in [2.05, 4.69) is 5.92 Å². The fourth-order valence-corrected chi connectivity index (χ4v) is 0.875. The van der Waals surface area contributed by atoms with Gasteiger partial charge in [0.05, 0.1) is 12.1 Å². The first-order valence-electron chi connectivity index (χ1n) is 4.99. The summed E-state index contributed by atoms with van der Waals surface area (Å²) in [6.45, 7) is 9.51. The average molecular weight is 211 g/mol. The highest BCUT2D eigenvalue weighted by Crippen LogP contribution is 2.12. The SMILES string of the molecule is C#CC(C)(C)N(C)CC(=O)OC(C)(C)C. The molecule has 0 bridgehead atoms. The van der Waals surface area contributed by atoms with Gasteiger partial charge in [-0.2, -0.15) is 0 Å². The van der Waals surface area contributed by atoms with Crippen molar-refractivity contribution in [3.63, 3.8) is 0 Å². The molecule has 0 rings (SSSR count). The summed E-state index contributed by atoms with van der Waals surface area (Å²) in [4.78, 5) is 13.3. The van der Waals surface area contributed by atoms with Gasteiger partial charge in [0.25, 0.3) is 0 Å². The molecule has 0 radical (unpaired) electrons. The number of hydrogen-bond donors (Lipinski definition) is 0. The van der Waals surface area contributed by atoms with E-state index in [0.717, 1.165) is 0 Å². The third-order valence-corrected chi connectivity index (χ3v) is 2.09. The zero-order valence-corrected chi connectivity index (χ0v) is 10.5. The molecule has 0 spiro atoms. The molecule has 0 aliphatic carbocycles. The molecule has 0 N–H and O–H groups in total. The van der Waals surface area contributed by atoms with Crippen molar-refractivity contribution in [2.45, 2.75) is 45.8 Å². The Morgan fingerprint density at radius 3 is 2.13 bits per heavy atom. The number of nitrogens with zero attached hydrogens (tertiary/aromatic N) is 1. The molecule has 15 heavy (non-hydrogen) atoms. The summed E-state index contributed by atoms with van der Waals surface area (Å²) in [5.41, 5.74) is -0.880. The molecule has 0 heterocycles. The fourth-order valence-electron chi connectivity index (χ4n) is 0.875. The molecule has 0 aliphatic rings. The van der Waals surface area contributed by atoms with Gasteiger partial charge in [0.15, 0.2) is 0 Å². The highest BCUT2D eigenvalue weighted by molar-refractivity contribution is 5.72. The van der Waals surface area contributed by atoms with Crippen LogP contribution in [0.2, 0.25) is 0 Å². The number of carbonyl (C=O) groups excluding carboxylic acids is 1. The maximum absolute atomic E-state index is 11.5. The maximum atomic E-state index is 11.5. The van der Waals surface area contributed by atoms with E-state index in [9.17, 15) is 4.79 Å². The van der Waals surface area contributed by atoms with E-state index in [-0.39, 0.29) is 12.5 Å². The molecule has 0 unspecified atom stereocenters. The molecular weight excluding hydrogens is 190 g/mol. The second-order valence-corrected chi connectivity index (χ2v) is 5.15. The largest absolute Gasteiger partial charge is 0.459 e. The van der Waals surface area contributed by atoms with Gasteiger partial charge >= 0.3 is 5.97 Å². The number of hydrogen-bond acceptors (Lipinski definition) is 3. The van der Waals surface area contributed by atoms with Crippen molar-refractivity contribution >= 4 is 5.97 Å². The third kappa shape index (κ3) is 5.44. The zero-order chi connectivity index (χ0) is 12.3. The first-order valence-corrected chi connectivity index (χ1v) is 4.99. The predicted octanol–water partition coefficient (Wildman–Crippen LogP) is 1.67. The van der Waals surface area contributed by atoms with Gasteiger partial charge in [0, 0.05) is 0 Å². The van der Waals surface area contributed by atoms with Crippen LogP contribution in [0, 0.1) is 12.3 Å². The van der Waals surface area contributed by atoms with E-state index >= 15 is 0 Å². The monoisotopic (exact) mass is 211 g/mol. The van der Waals surface area contributed by atoms with Gasteiger partial charge < -0.3 is 4.74 Å². The highest BCUT2D eigenvalue weighted by atomic mass is 16.6. The van der Waals surface area contributed by atoms with Gasteiger partial charge in [-0.3, -0.25) is 9.69 Å². The van der Waals surface area contributed by atoms with E-state index in [1.54, 1.807) is 4.90 Å². The molecule has 3 nitrogen and oxygen atoms in total. The molecule has 86 valence electrons. The summed E-state index contributed by atoms with van der Waals surface area (Å²) in [5.74, 6) is 2.37. The van der Waals surface area contributed by atoms with Gasteiger partial charge in [-0.1, -0.05) is 5.92 Å². The van der Waals surface area contributed by atoms with Crippen LogP contribution in [0.4, 0.5) is 0 Å². The lowest BCUT2D eigenvalue weighted by Crippen LogP contribution is -2.44. The minimum atomic E-state index is -0.446. The Morgan fingerprint density at radius 1 is 1.33 bits per heavy atom. The van der Waals surface area contributed by atoms with E-state index in [1.165, 1.54) is 0 Å². The Bertz CT molecular complexity index is 268. The predicted molar refractivity (Wildman–Crippen MR) is 61.4 cm³/mol. The zero-order valence-electron chi connectivity index (χ0n) is 10.5. The van der Waals surface area contributed by atoms with Crippen molar-refractivity contribution in [2.75, 3.05) is 13.6 Å². The number of carbonyl (C=O) groups is 1. The minimum absolute atomic E-state index is 0.203. The molecule has 3 heteroatoms. The van der Waals surface area contributed by atoms with Gasteiger partial charge in [-0.05, 0) is 41.7 Å². The smallest absolute Gasteiger partial charge is 0.320 e. The van der Waals surface area contributed by atoms with E-state index in [4.69, 9.17) is 11.2 Å². The normalized spacial score (nSPS) is 12.4. The topological polar surface area (TPSA) is 29.5 Å². The molecule has 0 atom stereocenters. The van der Waals surface area contributed by atoms with Crippen molar-refractivity contribution in [2.24, 2.45) is 0 Å². The van der Waals surface area contributed by atoms with Gasteiger partial charge in [-0.15, -0.1) is 6.42 Å². The maximum Gasteiger partial charge on any atom is 0.320 e. The number of terminal acetylenes is 1. The first kappa shape index (κ1) is 14.0. The second kappa shape index (κ2) is 4.67. The van der Waals surface area contributed by atoms with Gasteiger partial charge in [-0.25, -0.2) is 0 Å². The lowest BCUT2D eigenvalue weighted by atomic mass is 10.1. The van der Waals surface area contributed by atoms with Crippen LogP contribution in [0.15, 0.2) is 0 Å². The lowest BCUT2D eigenvalue weighted by Gasteiger charge is -2.30. The number of likely N-dealkylation sites (N-methyl/N-ethyl adjacent to an activating group) is 1. The Morgan fingerprint density at radius 2 is 1.80 bits per heavy atom. The van der Waals surface area contributed by atoms with E-state index in [0.29, 0.717) is 0 Å². The molecule has 0 amide bonds. The number of ether oxygens (including phenoxy) is 1. The van der Waals surface area contributed by atoms with Crippen LogP contribution in [-0.2, 0) is 9.53 Å². The highest BCUT2D eigenvalue weighted by Gasteiger charge is 2.25. The van der Waals surface area contributed by atoms with Crippen LogP contribution in [0.1, 0.15) is 34.6 Å². The molecule has 0 aromatic carbocycles. The second-order valence-electron chi connectivity index (χ2n) is 5.15. The quantitative estimate of drug-likeness (QED) is 0.525. The summed E-state index contributed by atoms with van der Waals surface area (Å²) < 4.78 is 5.20. The molecule has 0 saturated heterocycles. The number of esters is 1. The average Bonchev–Trinajstić information content (AvgIpc) is 2.00. The van der Waals surface area contributed by atoms with Gasteiger partial charge in [0.1, 0.15) is 5.60 Å². The van der Waals surface area contributed by atoms with Crippen LogP contribution in [-0.4, -0.2) is 35.6 Å². The third-order valence-electron chi connectivity index (χ3n) is 2.09. The Balaban J connectivity index is 4.27. The van der Waals surface area contributed by atoms with Crippen molar-refractivity contribution in [3.05, 3.63) is 0 Å². The van der Waals surface area contributed by atoms with Gasteiger partial charge in [0.2, 0.25) is 0 Å². The van der Waals surface area contributed by atoms with Crippen molar-refractivity contribution < 1.29 is 9.53 Å². The molecule has 0 saturated carbocycles. The Labute approximate surface area is 92.8 Å². The molecule has 0 aromatic rings. The van der Waals surface area contributed by atoms with E-state index < -0.39 is 11.1 Å². The van der Waals surface area contributed by atoms with Crippen molar-refractivity contribution in [3.8, 4) is 12.3 Å². The molecule has 0 fully saturated rings. The fraction of sp³-hybridized carbons (Fsp3) is 0.750.